The monoisotopic (exact) mass is 342 g/mol. The summed E-state index contributed by atoms with van der Waals surface area (Å²) in [6.07, 6.45) is 0. The Hall–Kier alpha value is -1.73. The molecule has 2 rings (SSSR count). The minimum absolute atomic E-state index is 0.132. The first-order chi connectivity index (χ1) is 11.4. The van der Waals surface area contributed by atoms with Crippen LogP contribution < -0.4 is 10.1 Å². The molecule has 0 bridgehead atoms. The van der Waals surface area contributed by atoms with Crippen molar-refractivity contribution in [2.75, 3.05) is 26.8 Å². The van der Waals surface area contributed by atoms with Crippen LogP contribution in [0.15, 0.2) is 12.1 Å². The lowest BCUT2D eigenvalue weighted by Gasteiger charge is -2.22. The van der Waals surface area contributed by atoms with Crippen molar-refractivity contribution in [2.45, 2.75) is 26.4 Å². The zero-order valence-electron chi connectivity index (χ0n) is 14.2. The number of rotatable bonds is 6. The van der Waals surface area contributed by atoms with Gasteiger partial charge in [-0.25, -0.2) is 8.78 Å². The van der Waals surface area contributed by atoms with Crippen LogP contribution >= 0.6 is 0 Å². The summed E-state index contributed by atoms with van der Waals surface area (Å²) in [6, 6.07) is 2.32. The molecule has 0 unspecified atom stereocenters. The Bertz CT molecular complexity index is 595. The van der Waals surface area contributed by atoms with Gasteiger partial charge in [-0.15, -0.1) is 0 Å². The van der Waals surface area contributed by atoms with E-state index in [1.807, 2.05) is 4.90 Å². The third-order valence-corrected chi connectivity index (χ3v) is 4.54. The van der Waals surface area contributed by atoms with Gasteiger partial charge in [0, 0.05) is 31.2 Å². The third kappa shape index (κ3) is 4.02. The van der Waals surface area contributed by atoms with Gasteiger partial charge in [0.2, 0.25) is 5.91 Å². The molecule has 1 aliphatic heterocycles. The zero-order chi connectivity index (χ0) is 17.9. The molecule has 0 spiro atoms. The van der Waals surface area contributed by atoms with Gasteiger partial charge in [-0.05, 0) is 24.0 Å². The Balaban J connectivity index is 2.17. The topological polar surface area (TPSA) is 61.8 Å². The fourth-order valence-electron chi connectivity index (χ4n) is 3.26. The van der Waals surface area contributed by atoms with Gasteiger partial charge in [-0.3, -0.25) is 9.69 Å². The molecule has 0 saturated carbocycles. The molecule has 7 heteroatoms. The number of carbonyl (C=O) groups excluding carboxylic acids is 1. The number of aliphatic hydroxyl groups excluding tert-OH is 1. The summed E-state index contributed by atoms with van der Waals surface area (Å²) in [5.74, 6) is -1.46. The second-order valence-corrected chi connectivity index (χ2v) is 6.48. The highest BCUT2D eigenvalue weighted by molar-refractivity contribution is 5.77. The molecule has 1 aromatic carbocycles. The number of hydrogen-bond donors (Lipinski definition) is 2. The van der Waals surface area contributed by atoms with Crippen LogP contribution in [0.3, 0.4) is 0 Å². The third-order valence-electron chi connectivity index (χ3n) is 4.54. The molecule has 5 nitrogen and oxygen atoms in total. The first-order valence-corrected chi connectivity index (χ1v) is 8.00. The Labute approximate surface area is 140 Å². The van der Waals surface area contributed by atoms with E-state index in [2.05, 4.69) is 19.2 Å². The molecule has 1 saturated heterocycles. The summed E-state index contributed by atoms with van der Waals surface area (Å²) < 4.78 is 32.8. The predicted molar refractivity (Wildman–Crippen MR) is 85.5 cm³/mol. The van der Waals surface area contributed by atoms with Gasteiger partial charge < -0.3 is 15.2 Å². The van der Waals surface area contributed by atoms with Gasteiger partial charge in [0.25, 0.3) is 0 Å². The maximum absolute atomic E-state index is 14.1. The predicted octanol–water partition coefficient (Wildman–Crippen LogP) is 1.54. The molecule has 1 amide bonds. The number of carbonyl (C=O) groups is 1. The molecule has 24 heavy (non-hydrogen) atoms. The van der Waals surface area contributed by atoms with Crippen molar-refractivity contribution >= 4 is 5.91 Å². The van der Waals surface area contributed by atoms with Crippen molar-refractivity contribution in [2.24, 2.45) is 11.8 Å². The van der Waals surface area contributed by atoms with Crippen molar-refractivity contribution < 1.29 is 23.4 Å². The van der Waals surface area contributed by atoms with Gasteiger partial charge in [0.05, 0.1) is 7.11 Å². The van der Waals surface area contributed by atoms with Crippen LogP contribution in [0, 0.1) is 23.5 Å². The molecule has 134 valence electrons. The lowest BCUT2D eigenvalue weighted by molar-refractivity contribution is -0.124. The Morgan fingerprint density at radius 3 is 2.71 bits per heavy atom. The van der Waals surface area contributed by atoms with E-state index in [1.165, 1.54) is 13.2 Å². The van der Waals surface area contributed by atoms with Crippen LogP contribution in [0.5, 0.6) is 5.75 Å². The summed E-state index contributed by atoms with van der Waals surface area (Å²) in [7, 11) is 1.42. The highest BCUT2D eigenvalue weighted by Gasteiger charge is 2.36. The summed E-state index contributed by atoms with van der Waals surface area (Å²) in [6.45, 7) is 4.89. The summed E-state index contributed by atoms with van der Waals surface area (Å²) in [5.41, 5.74) is 0.175. The lowest BCUT2D eigenvalue weighted by atomic mass is 9.91. The number of amides is 1. The fraction of sp³-hybridized carbons (Fsp3) is 0.588. The zero-order valence-corrected chi connectivity index (χ0v) is 14.2. The fourth-order valence-corrected chi connectivity index (χ4v) is 3.26. The number of hydrogen-bond acceptors (Lipinski definition) is 4. The van der Waals surface area contributed by atoms with Crippen molar-refractivity contribution in [3.05, 3.63) is 29.3 Å². The number of nitrogens with zero attached hydrogens (tertiary/aromatic N) is 1. The van der Waals surface area contributed by atoms with Gasteiger partial charge in [0.1, 0.15) is 12.4 Å². The Kier molecular flexibility index (Phi) is 6.12. The van der Waals surface area contributed by atoms with Crippen LogP contribution in [-0.4, -0.2) is 48.8 Å². The molecule has 2 N–H and O–H groups in total. The molecule has 1 aromatic rings. The van der Waals surface area contributed by atoms with Crippen molar-refractivity contribution in [1.29, 1.82) is 0 Å². The molecule has 0 radical (unpaired) electrons. The van der Waals surface area contributed by atoms with Crippen LogP contribution in [-0.2, 0) is 11.3 Å². The average Bonchev–Trinajstić information content (AvgIpc) is 2.94. The van der Waals surface area contributed by atoms with E-state index in [4.69, 9.17) is 9.84 Å². The van der Waals surface area contributed by atoms with Crippen LogP contribution in [0.25, 0.3) is 0 Å². The van der Waals surface area contributed by atoms with Gasteiger partial charge in [0.15, 0.2) is 11.6 Å². The highest BCUT2D eigenvalue weighted by atomic mass is 19.2. The number of methoxy groups -OCH3 is 1. The van der Waals surface area contributed by atoms with Crippen LogP contribution in [0.2, 0.25) is 0 Å². The second kappa shape index (κ2) is 7.90. The quantitative estimate of drug-likeness (QED) is 0.823. The molecule has 1 aliphatic rings. The standard InChI is InChI=1S/C17H24F2N2O3/c1-10(2)11-6-21(8-14(11)20-16(23)9-22)7-12-15(24-3)5-4-13(18)17(12)19/h4-5,10-11,14,22H,6-9H2,1-3H3,(H,20,23)/t11-,14+/m0/s1. The van der Waals surface area contributed by atoms with E-state index in [1.54, 1.807) is 0 Å². The van der Waals surface area contributed by atoms with E-state index < -0.39 is 24.1 Å². The molecular weight excluding hydrogens is 318 g/mol. The number of ether oxygens (including phenoxy) is 1. The normalized spacial score (nSPS) is 21.3. The Morgan fingerprint density at radius 1 is 1.42 bits per heavy atom. The number of benzene rings is 1. The maximum atomic E-state index is 14.1. The molecule has 2 atom stereocenters. The maximum Gasteiger partial charge on any atom is 0.245 e. The first kappa shape index (κ1) is 18.6. The van der Waals surface area contributed by atoms with E-state index in [9.17, 15) is 13.6 Å². The first-order valence-electron chi connectivity index (χ1n) is 8.00. The van der Waals surface area contributed by atoms with Crippen molar-refractivity contribution in [3.8, 4) is 5.75 Å². The number of aliphatic hydroxyl groups is 1. The Morgan fingerprint density at radius 2 is 2.12 bits per heavy atom. The van der Waals surface area contributed by atoms with E-state index >= 15 is 0 Å². The molecule has 0 aliphatic carbocycles. The minimum Gasteiger partial charge on any atom is -0.496 e. The van der Waals surface area contributed by atoms with Crippen LogP contribution in [0.1, 0.15) is 19.4 Å². The molecule has 0 aromatic heterocycles. The number of nitrogens with one attached hydrogen (secondary N) is 1. The van der Waals surface area contributed by atoms with Crippen molar-refractivity contribution in [3.63, 3.8) is 0 Å². The van der Waals surface area contributed by atoms with Gasteiger partial charge >= 0.3 is 0 Å². The molecule has 1 heterocycles. The average molecular weight is 342 g/mol. The SMILES string of the molecule is COc1ccc(F)c(F)c1CN1C[C@@H](NC(=O)CO)[C@H](C(C)C)C1. The van der Waals surface area contributed by atoms with E-state index in [0.29, 0.717) is 24.8 Å². The van der Waals surface area contributed by atoms with Gasteiger partial charge in [-0.2, -0.15) is 0 Å². The number of halogens is 2. The van der Waals surface area contributed by atoms with Crippen molar-refractivity contribution in [1.82, 2.24) is 10.2 Å². The smallest absolute Gasteiger partial charge is 0.245 e. The second-order valence-electron chi connectivity index (χ2n) is 6.48. The molecule has 1 fully saturated rings. The highest BCUT2D eigenvalue weighted by Crippen LogP contribution is 2.30. The lowest BCUT2D eigenvalue weighted by Crippen LogP contribution is -2.43. The molecular formula is C17H24F2N2O3. The summed E-state index contributed by atoms with van der Waals surface area (Å²) in [5, 5.41) is 11.7. The van der Waals surface area contributed by atoms with Gasteiger partial charge in [-0.1, -0.05) is 13.8 Å². The van der Waals surface area contributed by atoms with Crippen LogP contribution in [0.4, 0.5) is 8.78 Å². The van der Waals surface area contributed by atoms with E-state index in [0.717, 1.165) is 6.07 Å². The summed E-state index contributed by atoms with van der Waals surface area (Å²) in [4.78, 5) is 13.5. The number of likely N-dealkylation sites (tertiary alicyclic amines) is 1. The summed E-state index contributed by atoms with van der Waals surface area (Å²) >= 11 is 0. The largest absolute Gasteiger partial charge is 0.496 e. The van der Waals surface area contributed by atoms with E-state index in [-0.39, 0.29) is 24.1 Å². The minimum atomic E-state index is -0.907.